The standard InChI is InChI=1S/C21H20F3N3OS2/c22-21(23,24)14-27-18(16-4-2-1-3-5-16)10-25-20(27)30-13-19(28)26(17-6-7-17)11-15-8-9-29-12-15/h1-5,8-10,12,17H,6-7,11,13-14H2. The van der Waals surface area contributed by atoms with Crippen molar-refractivity contribution in [1.29, 1.82) is 0 Å². The maximum Gasteiger partial charge on any atom is 0.406 e. The molecule has 9 heteroatoms. The smallest absolute Gasteiger partial charge is 0.335 e. The topological polar surface area (TPSA) is 38.1 Å². The maximum atomic E-state index is 13.2. The van der Waals surface area contributed by atoms with Gasteiger partial charge in [-0.25, -0.2) is 4.98 Å². The van der Waals surface area contributed by atoms with Gasteiger partial charge in [0.15, 0.2) is 5.16 Å². The number of aromatic nitrogens is 2. The minimum Gasteiger partial charge on any atom is -0.335 e. The normalized spacial score (nSPS) is 14.1. The summed E-state index contributed by atoms with van der Waals surface area (Å²) in [5.74, 6) is -0.0134. The van der Waals surface area contributed by atoms with Crippen LogP contribution in [0.2, 0.25) is 0 Å². The number of thioether (sulfide) groups is 1. The first kappa shape index (κ1) is 21.0. The van der Waals surface area contributed by atoms with Gasteiger partial charge in [0.2, 0.25) is 5.91 Å². The van der Waals surface area contributed by atoms with Crippen LogP contribution in [0.4, 0.5) is 13.2 Å². The number of imidazole rings is 1. The van der Waals surface area contributed by atoms with E-state index in [0.29, 0.717) is 17.8 Å². The number of benzene rings is 1. The van der Waals surface area contributed by atoms with Gasteiger partial charge in [-0.05, 0) is 40.8 Å². The Kier molecular flexibility index (Phi) is 6.19. The van der Waals surface area contributed by atoms with Crippen LogP contribution in [0.3, 0.4) is 0 Å². The average molecular weight is 452 g/mol. The van der Waals surface area contributed by atoms with Crippen LogP contribution in [0, 0.1) is 0 Å². The summed E-state index contributed by atoms with van der Waals surface area (Å²) in [4.78, 5) is 18.9. The summed E-state index contributed by atoms with van der Waals surface area (Å²) in [6.45, 7) is -0.602. The molecule has 158 valence electrons. The number of hydrogen-bond acceptors (Lipinski definition) is 4. The molecule has 2 aromatic heterocycles. The average Bonchev–Trinajstić information content (AvgIpc) is 3.28. The van der Waals surface area contributed by atoms with E-state index in [0.717, 1.165) is 34.7 Å². The predicted octanol–water partition coefficient (Wildman–Crippen LogP) is 5.46. The summed E-state index contributed by atoms with van der Waals surface area (Å²) in [5.41, 5.74) is 2.12. The summed E-state index contributed by atoms with van der Waals surface area (Å²) < 4.78 is 40.8. The van der Waals surface area contributed by atoms with Crippen LogP contribution >= 0.6 is 23.1 Å². The highest BCUT2D eigenvalue weighted by Crippen LogP contribution is 2.32. The Morgan fingerprint density at radius 2 is 2.00 bits per heavy atom. The fourth-order valence-corrected chi connectivity index (χ4v) is 4.77. The molecule has 0 bridgehead atoms. The van der Waals surface area contributed by atoms with Gasteiger partial charge in [0.1, 0.15) is 6.54 Å². The lowest BCUT2D eigenvalue weighted by atomic mass is 10.2. The van der Waals surface area contributed by atoms with Gasteiger partial charge in [-0.2, -0.15) is 24.5 Å². The molecular weight excluding hydrogens is 431 g/mol. The number of alkyl halides is 3. The number of carbonyl (C=O) groups is 1. The van der Waals surface area contributed by atoms with E-state index >= 15 is 0 Å². The van der Waals surface area contributed by atoms with Crippen molar-refractivity contribution >= 4 is 29.0 Å². The highest BCUT2D eigenvalue weighted by Gasteiger charge is 2.34. The van der Waals surface area contributed by atoms with Crippen LogP contribution in [0.15, 0.2) is 58.5 Å². The monoisotopic (exact) mass is 451 g/mol. The van der Waals surface area contributed by atoms with E-state index in [1.807, 2.05) is 27.8 Å². The molecule has 0 aliphatic heterocycles. The zero-order valence-corrected chi connectivity index (χ0v) is 17.6. The lowest BCUT2D eigenvalue weighted by Crippen LogP contribution is -2.34. The molecule has 0 N–H and O–H groups in total. The first-order valence-electron chi connectivity index (χ1n) is 9.52. The second-order valence-corrected chi connectivity index (χ2v) is 8.89. The Morgan fingerprint density at radius 1 is 1.23 bits per heavy atom. The fourth-order valence-electron chi connectivity index (χ4n) is 3.24. The van der Waals surface area contributed by atoms with Crippen molar-refractivity contribution in [1.82, 2.24) is 14.5 Å². The van der Waals surface area contributed by atoms with Gasteiger partial charge >= 0.3 is 6.18 Å². The van der Waals surface area contributed by atoms with Gasteiger partial charge in [0.05, 0.1) is 17.6 Å². The zero-order valence-electron chi connectivity index (χ0n) is 16.0. The largest absolute Gasteiger partial charge is 0.406 e. The lowest BCUT2D eigenvalue weighted by Gasteiger charge is -2.22. The van der Waals surface area contributed by atoms with Crippen molar-refractivity contribution in [2.75, 3.05) is 5.75 Å². The van der Waals surface area contributed by atoms with Crippen LogP contribution in [-0.2, 0) is 17.9 Å². The molecule has 1 aromatic carbocycles. The van der Waals surface area contributed by atoms with Gasteiger partial charge in [0, 0.05) is 12.6 Å². The second kappa shape index (κ2) is 8.85. The molecule has 4 rings (SSSR count). The Labute approximate surface area is 180 Å². The van der Waals surface area contributed by atoms with Crippen molar-refractivity contribution in [2.24, 2.45) is 0 Å². The summed E-state index contributed by atoms with van der Waals surface area (Å²) >= 11 is 2.64. The van der Waals surface area contributed by atoms with E-state index in [1.54, 1.807) is 35.6 Å². The summed E-state index contributed by atoms with van der Waals surface area (Å²) in [6, 6.07) is 11.1. The molecule has 3 aromatic rings. The quantitative estimate of drug-likeness (QED) is 0.427. The molecule has 0 radical (unpaired) electrons. The van der Waals surface area contributed by atoms with Crippen LogP contribution in [0.1, 0.15) is 18.4 Å². The molecule has 2 heterocycles. The van der Waals surface area contributed by atoms with E-state index in [2.05, 4.69) is 4.98 Å². The third-order valence-electron chi connectivity index (χ3n) is 4.79. The van der Waals surface area contributed by atoms with E-state index < -0.39 is 12.7 Å². The molecule has 0 spiro atoms. The Morgan fingerprint density at radius 3 is 2.63 bits per heavy atom. The number of hydrogen-bond donors (Lipinski definition) is 0. The number of rotatable bonds is 8. The Bertz CT molecular complexity index is 983. The van der Waals surface area contributed by atoms with Crippen LogP contribution in [-0.4, -0.2) is 38.3 Å². The SMILES string of the molecule is O=C(CSc1ncc(-c2ccccc2)n1CC(F)(F)F)N(Cc1ccsc1)C1CC1. The number of nitrogens with zero attached hydrogens (tertiary/aromatic N) is 3. The van der Waals surface area contributed by atoms with Crippen molar-refractivity contribution in [2.45, 2.75) is 43.3 Å². The van der Waals surface area contributed by atoms with E-state index in [-0.39, 0.29) is 22.9 Å². The summed E-state index contributed by atoms with van der Waals surface area (Å²) in [5, 5.41) is 4.18. The lowest BCUT2D eigenvalue weighted by molar-refractivity contribution is -0.141. The van der Waals surface area contributed by atoms with E-state index in [1.165, 1.54) is 6.20 Å². The van der Waals surface area contributed by atoms with Gasteiger partial charge < -0.3 is 9.47 Å². The summed E-state index contributed by atoms with van der Waals surface area (Å²) in [7, 11) is 0. The molecule has 0 atom stereocenters. The molecule has 4 nitrogen and oxygen atoms in total. The van der Waals surface area contributed by atoms with Crippen LogP contribution in [0.25, 0.3) is 11.3 Å². The van der Waals surface area contributed by atoms with Crippen molar-refractivity contribution in [3.63, 3.8) is 0 Å². The molecule has 30 heavy (non-hydrogen) atoms. The highest BCUT2D eigenvalue weighted by atomic mass is 32.2. The molecule has 1 saturated carbocycles. The van der Waals surface area contributed by atoms with E-state index in [9.17, 15) is 18.0 Å². The molecule has 0 unspecified atom stereocenters. The van der Waals surface area contributed by atoms with Crippen molar-refractivity contribution in [3.05, 3.63) is 58.9 Å². The van der Waals surface area contributed by atoms with Gasteiger partial charge in [0.25, 0.3) is 0 Å². The van der Waals surface area contributed by atoms with Gasteiger partial charge in [-0.15, -0.1) is 0 Å². The second-order valence-electron chi connectivity index (χ2n) is 7.17. The van der Waals surface area contributed by atoms with Crippen molar-refractivity contribution in [3.8, 4) is 11.3 Å². The third-order valence-corrected chi connectivity index (χ3v) is 6.50. The number of thiophene rings is 1. The van der Waals surface area contributed by atoms with Gasteiger partial charge in [-0.3, -0.25) is 4.79 Å². The van der Waals surface area contributed by atoms with Crippen LogP contribution < -0.4 is 0 Å². The minimum absolute atomic E-state index is 0.0593. The molecule has 1 fully saturated rings. The maximum absolute atomic E-state index is 13.2. The number of amides is 1. The first-order chi connectivity index (χ1) is 14.4. The zero-order chi connectivity index (χ0) is 21.1. The fraction of sp³-hybridized carbons (Fsp3) is 0.333. The molecule has 1 aliphatic rings. The highest BCUT2D eigenvalue weighted by molar-refractivity contribution is 7.99. The third kappa shape index (κ3) is 5.26. The van der Waals surface area contributed by atoms with E-state index in [4.69, 9.17) is 0 Å². The molecule has 0 saturated heterocycles. The Balaban J connectivity index is 1.51. The molecule has 1 aliphatic carbocycles. The first-order valence-corrected chi connectivity index (χ1v) is 11.4. The predicted molar refractivity (Wildman–Crippen MR) is 112 cm³/mol. The van der Waals surface area contributed by atoms with Gasteiger partial charge in [-0.1, -0.05) is 42.1 Å². The van der Waals surface area contributed by atoms with Crippen molar-refractivity contribution < 1.29 is 18.0 Å². The van der Waals surface area contributed by atoms with Crippen LogP contribution in [0.5, 0.6) is 0 Å². The summed E-state index contributed by atoms with van der Waals surface area (Å²) in [6.07, 6.45) is -0.997. The molecule has 1 amide bonds. The number of halogens is 3. The number of carbonyl (C=O) groups excluding carboxylic acids is 1. The Hall–Kier alpha value is -2.26. The molecular formula is C21H20F3N3OS2. The minimum atomic E-state index is -4.39.